The molecule has 0 radical (unpaired) electrons. The zero-order valence-corrected chi connectivity index (χ0v) is 10.2. The molecule has 0 aliphatic rings. The van der Waals surface area contributed by atoms with E-state index in [4.69, 9.17) is 5.11 Å². The van der Waals surface area contributed by atoms with Crippen molar-refractivity contribution in [1.82, 2.24) is 0 Å². The largest absolute Gasteiger partial charge is 0.616 e. The van der Waals surface area contributed by atoms with Gasteiger partial charge in [0.2, 0.25) is 0 Å². The lowest BCUT2D eigenvalue weighted by Gasteiger charge is -2.08. The Kier molecular flexibility index (Phi) is 11.6. The molecular formula is C11H24O2S. The van der Waals surface area contributed by atoms with Gasteiger partial charge in [0, 0.05) is 0 Å². The van der Waals surface area contributed by atoms with Gasteiger partial charge in [0.05, 0.1) is 6.61 Å². The smallest absolute Gasteiger partial charge is 0.128 e. The van der Waals surface area contributed by atoms with Gasteiger partial charge < -0.3 is 9.66 Å². The van der Waals surface area contributed by atoms with Crippen LogP contribution in [0.15, 0.2) is 0 Å². The Hall–Kier alpha value is 0.270. The number of unbranched alkanes of at least 4 members (excludes halogenated alkanes) is 6. The van der Waals surface area contributed by atoms with Crippen molar-refractivity contribution in [2.45, 2.75) is 51.9 Å². The van der Waals surface area contributed by atoms with E-state index >= 15 is 0 Å². The summed E-state index contributed by atoms with van der Waals surface area (Å²) in [6.07, 6.45) is 8.82. The van der Waals surface area contributed by atoms with Crippen LogP contribution in [-0.2, 0) is 11.2 Å². The molecule has 86 valence electrons. The zero-order valence-electron chi connectivity index (χ0n) is 9.33. The molecule has 0 aromatic carbocycles. The number of hydrogen-bond acceptors (Lipinski definition) is 2. The van der Waals surface area contributed by atoms with Gasteiger partial charge in [0.15, 0.2) is 0 Å². The minimum absolute atomic E-state index is 0.0586. The van der Waals surface area contributed by atoms with Gasteiger partial charge in [-0.25, -0.2) is 0 Å². The van der Waals surface area contributed by atoms with Gasteiger partial charge in [-0.1, -0.05) is 50.2 Å². The van der Waals surface area contributed by atoms with Crippen LogP contribution in [0, 0.1) is 0 Å². The van der Waals surface area contributed by atoms with Crippen molar-refractivity contribution in [3.63, 3.8) is 0 Å². The van der Waals surface area contributed by atoms with Crippen molar-refractivity contribution in [2.75, 3.05) is 18.1 Å². The molecule has 0 heterocycles. The summed E-state index contributed by atoms with van der Waals surface area (Å²) in [7, 11) is 0. The Morgan fingerprint density at radius 2 is 1.50 bits per heavy atom. The van der Waals surface area contributed by atoms with Crippen molar-refractivity contribution in [2.24, 2.45) is 0 Å². The molecule has 0 aliphatic carbocycles. The summed E-state index contributed by atoms with van der Waals surface area (Å²) >= 11 is -0.779. The van der Waals surface area contributed by atoms with E-state index in [-0.39, 0.29) is 6.61 Å². The number of rotatable bonds is 10. The van der Waals surface area contributed by atoms with Crippen LogP contribution in [0.2, 0.25) is 0 Å². The van der Waals surface area contributed by atoms with Crippen LogP contribution in [0.4, 0.5) is 0 Å². The van der Waals surface area contributed by atoms with Crippen molar-refractivity contribution in [3.8, 4) is 0 Å². The van der Waals surface area contributed by atoms with Crippen LogP contribution in [0.3, 0.4) is 0 Å². The lowest BCUT2D eigenvalue weighted by Crippen LogP contribution is -2.13. The summed E-state index contributed by atoms with van der Waals surface area (Å²) in [5.41, 5.74) is 0. The molecule has 0 saturated carbocycles. The first-order valence-corrected chi connectivity index (χ1v) is 7.26. The molecular weight excluding hydrogens is 196 g/mol. The summed E-state index contributed by atoms with van der Waals surface area (Å²) in [4.78, 5) is 0. The summed E-state index contributed by atoms with van der Waals surface area (Å²) in [5, 5.41) is 8.54. The average molecular weight is 220 g/mol. The van der Waals surface area contributed by atoms with E-state index in [2.05, 4.69) is 6.92 Å². The molecule has 3 heteroatoms. The molecule has 0 saturated heterocycles. The van der Waals surface area contributed by atoms with Crippen molar-refractivity contribution < 1.29 is 9.66 Å². The Labute approximate surface area is 91.3 Å². The summed E-state index contributed by atoms with van der Waals surface area (Å²) in [6.45, 7) is 2.28. The van der Waals surface area contributed by atoms with Crippen molar-refractivity contribution in [1.29, 1.82) is 0 Å². The molecule has 1 unspecified atom stereocenters. The lowest BCUT2D eigenvalue weighted by molar-refractivity contribution is 0.319. The summed E-state index contributed by atoms with van der Waals surface area (Å²) in [5.74, 6) is 1.23. The fourth-order valence-electron chi connectivity index (χ4n) is 1.42. The van der Waals surface area contributed by atoms with Crippen molar-refractivity contribution in [3.05, 3.63) is 0 Å². The first-order chi connectivity index (χ1) is 6.81. The van der Waals surface area contributed by atoms with E-state index in [0.717, 1.165) is 12.2 Å². The minimum Gasteiger partial charge on any atom is -0.616 e. The predicted molar refractivity (Wildman–Crippen MR) is 63.0 cm³/mol. The van der Waals surface area contributed by atoms with Crippen LogP contribution in [0.5, 0.6) is 0 Å². The van der Waals surface area contributed by atoms with E-state index in [0.29, 0.717) is 5.75 Å². The fourth-order valence-corrected chi connectivity index (χ4v) is 2.36. The van der Waals surface area contributed by atoms with Gasteiger partial charge in [-0.05, 0) is 12.8 Å². The lowest BCUT2D eigenvalue weighted by atomic mass is 10.1. The topological polar surface area (TPSA) is 43.3 Å². The molecule has 0 aliphatic heterocycles. The summed E-state index contributed by atoms with van der Waals surface area (Å²) in [6, 6.07) is 0. The molecule has 0 amide bonds. The Morgan fingerprint density at radius 3 is 2.07 bits per heavy atom. The van der Waals surface area contributed by atoms with E-state index < -0.39 is 11.2 Å². The molecule has 0 spiro atoms. The molecule has 0 aromatic rings. The Bertz CT molecular complexity index is 109. The van der Waals surface area contributed by atoms with E-state index in [1.807, 2.05) is 0 Å². The third-order valence-corrected chi connectivity index (χ3v) is 3.68. The number of aliphatic hydroxyl groups excluding tert-OH is 1. The highest BCUT2D eigenvalue weighted by Gasteiger charge is 2.03. The van der Waals surface area contributed by atoms with Crippen LogP contribution >= 0.6 is 0 Å². The van der Waals surface area contributed by atoms with E-state index in [1.165, 1.54) is 38.5 Å². The second kappa shape index (κ2) is 11.3. The highest BCUT2D eigenvalue weighted by Crippen LogP contribution is 2.07. The maximum atomic E-state index is 11.1. The number of aliphatic hydroxyl groups is 1. The highest BCUT2D eigenvalue weighted by atomic mass is 32.2. The molecule has 2 nitrogen and oxygen atoms in total. The minimum atomic E-state index is -0.779. The SMILES string of the molecule is CCCCCCCCC[S+]([O-])CCO. The van der Waals surface area contributed by atoms with Gasteiger partial charge in [-0.15, -0.1) is 0 Å². The molecule has 0 rings (SSSR count). The Morgan fingerprint density at radius 1 is 0.929 bits per heavy atom. The molecule has 0 aromatic heterocycles. The normalized spacial score (nSPS) is 13.1. The maximum Gasteiger partial charge on any atom is 0.128 e. The van der Waals surface area contributed by atoms with Crippen molar-refractivity contribution >= 4 is 11.2 Å². The van der Waals surface area contributed by atoms with Gasteiger partial charge in [0.25, 0.3) is 0 Å². The first kappa shape index (κ1) is 14.3. The van der Waals surface area contributed by atoms with Gasteiger partial charge in [-0.3, -0.25) is 0 Å². The predicted octanol–water partition coefficient (Wildman–Crippen LogP) is 2.48. The summed E-state index contributed by atoms with van der Waals surface area (Å²) < 4.78 is 11.1. The molecule has 0 bridgehead atoms. The van der Waals surface area contributed by atoms with Crippen LogP contribution < -0.4 is 0 Å². The fraction of sp³-hybridized carbons (Fsp3) is 1.00. The molecule has 14 heavy (non-hydrogen) atoms. The quantitative estimate of drug-likeness (QED) is 0.454. The van der Waals surface area contributed by atoms with Gasteiger partial charge in [0.1, 0.15) is 11.5 Å². The third-order valence-electron chi connectivity index (χ3n) is 2.29. The maximum absolute atomic E-state index is 11.1. The molecule has 1 N–H and O–H groups in total. The Balaban J connectivity index is 2.98. The van der Waals surface area contributed by atoms with E-state index in [1.54, 1.807) is 0 Å². The van der Waals surface area contributed by atoms with Gasteiger partial charge in [-0.2, -0.15) is 0 Å². The number of hydrogen-bond donors (Lipinski definition) is 1. The standard InChI is InChI=1S/C11H24O2S/c1-2-3-4-5-6-7-8-10-14(13)11-9-12/h12H,2-11H2,1H3. The first-order valence-electron chi connectivity index (χ1n) is 5.77. The second-order valence-corrected chi connectivity index (χ2v) is 5.39. The van der Waals surface area contributed by atoms with Crippen LogP contribution in [0.1, 0.15) is 51.9 Å². The second-order valence-electron chi connectivity index (χ2n) is 3.69. The van der Waals surface area contributed by atoms with Crippen LogP contribution in [-0.4, -0.2) is 27.8 Å². The van der Waals surface area contributed by atoms with Gasteiger partial charge >= 0.3 is 0 Å². The zero-order chi connectivity index (χ0) is 10.6. The van der Waals surface area contributed by atoms with Crippen LogP contribution in [0.25, 0.3) is 0 Å². The molecule has 1 atom stereocenters. The monoisotopic (exact) mass is 220 g/mol. The highest BCUT2D eigenvalue weighted by molar-refractivity contribution is 7.91. The average Bonchev–Trinajstić information content (AvgIpc) is 2.17. The molecule has 0 fully saturated rings. The van der Waals surface area contributed by atoms with E-state index in [9.17, 15) is 4.55 Å². The third kappa shape index (κ3) is 10.4.